The molecule has 0 aliphatic rings. The van der Waals surface area contributed by atoms with Gasteiger partial charge in [-0.05, 0) is 30.7 Å². The summed E-state index contributed by atoms with van der Waals surface area (Å²) in [6, 6.07) is 6.69. The minimum absolute atomic E-state index is 0.0590. The number of anilines is 1. The third kappa shape index (κ3) is 3.25. The van der Waals surface area contributed by atoms with Gasteiger partial charge in [-0.3, -0.25) is 9.71 Å². The Labute approximate surface area is 133 Å². The van der Waals surface area contributed by atoms with Crippen molar-refractivity contribution >= 4 is 55.4 Å². The largest absolute Gasteiger partial charge is 0.392 e. The molecule has 1 heterocycles. The van der Waals surface area contributed by atoms with Gasteiger partial charge in [0.15, 0.2) is 0 Å². The molecule has 0 fully saturated rings. The number of nitrogens with zero attached hydrogens (tertiary/aromatic N) is 1. The normalized spacial score (nSPS) is 13.0. The number of hydrogen-bond donors (Lipinski definition) is 2. The SMILES string of the molecule is CCC(C(N)=S)S(=O)(=O)Nc1ccc(Cl)c2cccnc12. The highest BCUT2D eigenvalue weighted by Crippen LogP contribution is 2.29. The summed E-state index contributed by atoms with van der Waals surface area (Å²) in [7, 11) is -3.73. The van der Waals surface area contributed by atoms with E-state index < -0.39 is 15.3 Å². The molecule has 0 bridgehead atoms. The molecule has 0 radical (unpaired) electrons. The van der Waals surface area contributed by atoms with Crippen LogP contribution in [-0.2, 0) is 10.0 Å². The van der Waals surface area contributed by atoms with Crippen molar-refractivity contribution in [3.63, 3.8) is 0 Å². The van der Waals surface area contributed by atoms with Gasteiger partial charge in [0, 0.05) is 11.6 Å². The number of nitrogens with one attached hydrogen (secondary N) is 1. The first kappa shape index (κ1) is 15.9. The molecule has 112 valence electrons. The van der Waals surface area contributed by atoms with Gasteiger partial charge < -0.3 is 5.73 Å². The Balaban J connectivity index is 2.50. The van der Waals surface area contributed by atoms with Crippen molar-refractivity contribution in [2.45, 2.75) is 18.6 Å². The van der Waals surface area contributed by atoms with Crippen LogP contribution in [0.25, 0.3) is 10.9 Å². The van der Waals surface area contributed by atoms with Crippen molar-refractivity contribution in [3.8, 4) is 0 Å². The van der Waals surface area contributed by atoms with Crippen LogP contribution in [0.3, 0.4) is 0 Å². The average molecular weight is 344 g/mol. The highest BCUT2D eigenvalue weighted by molar-refractivity contribution is 7.95. The van der Waals surface area contributed by atoms with Crippen LogP contribution >= 0.6 is 23.8 Å². The Bertz CT molecular complexity index is 793. The predicted octanol–water partition coefficient (Wildman–Crippen LogP) is 2.69. The number of fused-ring (bicyclic) bond motifs is 1. The summed E-state index contributed by atoms with van der Waals surface area (Å²) in [5.41, 5.74) is 6.33. The zero-order chi connectivity index (χ0) is 15.6. The number of halogens is 1. The quantitative estimate of drug-likeness (QED) is 0.815. The van der Waals surface area contributed by atoms with Crippen molar-refractivity contribution < 1.29 is 8.42 Å². The lowest BCUT2D eigenvalue weighted by Crippen LogP contribution is -2.37. The van der Waals surface area contributed by atoms with Gasteiger partial charge in [-0.15, -0.1) is 0 Å². The van der Waals surface area contributed by atoms with Crippen molar-refractivity contribution in [1.29, 1.82) is 0 Å². The Morgan fingerprint density at radius 1 is 1.48 bits per heavy atom. The summed E-state index contributed by atoms with van der Waals surface area (Å²) >= 11 is 10.9. The van der Waals surface area contributed by atoms with Crippen molar-refractivity contribution in [2.24, 2.45) is 5.73 Å². The molecule has 21 heavy (non-hydrogen) atoms. The van der Waals surface area contributed by atoms with Crippen LogP contribution in [0.5, 0.6) is 0 Å². The molecule has 0 aliphatic heterocycles. The van der Waals surface area contributed by atoms with Crippen LogP contribution in [0.4, 0.5) is 5.69 Å². The molecular weight excluding hydrogens is 330 g/mol. The van der Waals surface area contributed by atoms with E-state index in [4.69, 9.17) is 29.6 Å². The lowest BCUT2D eigenvalue weighted by atomic mass is 10.2. The number of rotatable bonds is 5. The molecule has 2 aromatic rings. The molecule has 1 unspecified atom stereocenters. The molecule has 0 saturated heterocycles. The van der Waals surface area contributed by atoms with Gasteiger partial charge in [0.25, 0.3) is 0 Å². The van der Waals surface area contributed by atoms with E-state index in [0.29, 0.717) is 28.0 Å². The second kappa shape index (κ2) is 6.13. The maximum atomic E-state index is 12.4. The molecule has 1 aromatic heterocycles. The summed E-state index contributed by atoms with van der Waals surface area (Å²) in [6.45, 7) is 1.71. The van der Waals surface area contributed by atoms with Gasteiger partial charge in [-0.1, -0.05) is 30.7 Å². The first-order valence-electron chi connectivity index (χ1n) is 6.21. The summed E-state index contributed by atoms with van der Waals surface area (Å²) in [4.78, 5) is 4.12. The van der Waals surface area contributed by atoms with Crippen LogP contribution in [-0.4, -0.2) is 23.6 Å². The summed E-state index contributed by atoms with van der Waals surface area (Å²) in [6.07, 6.45) is 1.87. The number of sulfonamides is 1. The molecule has 1 aromatic carbocycles. The highest BCUT2D eigenvalue weighted by atomic mass is 35.5. The fraction of sp³-hybridized carbons (Fsp3) is 0.231. The Kier molecular flexibility index (Phi) is 4.65. The zero-order valence-electron chi connectivity index (χ0n) is 11.2. The first-order valence-corrected chi connectivity index (χ1v) is 8.54. The van der Waals surface area contributed by atoms with E-state index in [1.54, 1.807) is 37.4 Å². The fourth-order valence-corrected chi connectivity index (χ4v) is 4.14. The molecule has 0 spiro atoms. The molecule has 8 heteroatoms. The molecule has 0 aliphatic carbocycles. The average Bonchev–Trinajstić information content (AvgIpc) is 2.42. The van der Waals surface area contributed by atoms with E-state index in [1.165, 1.54) is 0 Å². The molecule has 0 amide bonds. The minimum Gasteiger partial charge on any atom is -0.392 e. The van der Waals surface area contributed by atoms with Gasteiger partial charge in [0.2, 0.25) is 10.0 Å². The van der Waals surface area contributed by atoms with Crippen molar-refractivity contribution in [2.75, 3.05) is 4.72 Å². The molecule has 5 nitrogen and oxygen atoms in total. The lowest BCUT2D eigenvalue weighted by Gasteiger charge is -2.17. The third-order valence-electron chi connectivity index (χ3n) is 3.03. The van der Waals surface area contributed by atoms with Gasteiger partial charge in [0.05, 0.1) is 21.2 Å². The number of thiocarbonyl (C=S) groups is 1. The van der Waals surface area contributed by atoms with E-state index in [1.807, 2.05) is 0 Å². The van der Waals surface area contributed by atoms with Crippen molar-refractivity contribution in [1.82, 2.24) is 4.98 Å². The highest BCUT2D eigenvalue weighted by Gasteiger charge is 2.27. The Morgan fingerprint density at radius 2 is 2.19 bits per heavy atom. The number of nitrogens with two attached hydrogens (primary N) is 1. The summed E-state index contributed by atoms with van der Waals surface area (Å²) in [5.74, 6) is 0. The molecule has 1 atom stereocenters. The maximum Gasteiger partial charge on any atom is 0.242 e. The fourth-order valence-electron chi connectivity index (χ4n) is 2.02. The van der Waals surface area contributed by atoms with Crippen LogP contribution in [0, 0.1) is 0 Å². The summed E-state index contributed by atoms with van der Waals surface area (Å²) < 4.78 is 27.2. The Morgan fingerprint density at radius 3 is 2.81 bits per heavy atom. The smallest absolute Gasteiger partial charge is 0.242 e. The summed E-state index contributed by atoms with van der Waals surface area (Å²) in [5, 5.41) is 0.243. The lowest BCUT2D eigenvalue weighted by molar-refractivity contribution is 0.594. The number of aromatic nitrogens is 1. The maximum absolute atomic E-state index is 12.4. The van der Waals surface area contributed by atoms with Crippen LogP contribution in [0.15, 0.2) is 30.5 Å². The van der Waals surface area contributed by atoms with E-state index in [2.05, 4.69) is 9.71 Å². The van der Waals surface area contributed by atoms with Gasteiger partial charge in [0.1, 0.15) is 5.25 Å². The van der Waals surface area contributed by atoms with Crippen LogP contribution in [0.1, 0.15) is 13.3 Å². The predicted molar refractivity (Wildman–Crippen MR) is 90.2 cm³/mol. The van der Waals surface area contributed by atoms with Gasteiger partial charge >= 0.3 is 0 Å². The third-order valence-corrected chi connectivity index (χ3v) is 5.64. The number of pyridine rings is 1. The second-order valence-electron chi connectivity index (χ2n) is 4.44. The number of hydrogen-bond acceptors (Lipinski definition) is 4. The molecular formula is C13H14ClN3O2S2. The van der Waals surface area contributed by atoms with Crippen LogP contribution in [0.2, 0.25) is 5.02 Å². The second-order valence-corrected chi connectivity index (χ2v) is 7.18. The monoisotopic (exact) mass is 343 g/mol. The topological polar surface area (TPSA) is 85.1 Å². The zero-order valence-corrected chi connectivity index (χ0v) is 13.6. The molecule has 0 saturated carbocycles. The van der Waals surface area contributed by atoms with Crippen molar-refractivity contribution in [3.05, 3.63) is 35.5 Å². The standard InChI is InChI=1S/C13H14ClN3O2S2/c1-2-11(13(15)20)21(18,19)17-10-6-5-9(14)8-4-3-7-16-12(8)10/h3-7,11,17H,2H2,1H3,(H2,15,20). The van der Waals surface area contributed by atoms with E-state index in [-0.39, 0.29) is 4.99 Å². The van der Waals surface area contributed by atoms with Crippen LogP contribution < -0.4 is 10.5 Å². The molecule has 3 N–H and O–H groups in total. The molecule has 2 rings (SSSR count). The minimum atomic E-state index is -3.73. The number of benzene rings is 1. The Hall–Kier alpha value is -1.44. The first-order chi connectivity index (χ1) is 9.86. The van der Waals surface area contributed by atoms with E-state index in [9.17, 15) is 8.42 Å². The van der Waals surface area contributed by atoms with E-state index in [0.717, 1.165) is 0 Å². The van der Waals surface area contributed by atoms with Gasteiger partial charge in [-0.2, -0.15) is 0 Å². The van der Waals surface area contributed by atoms with Gasteiger partial charge in [-0.25, -0.2) is 8.42 Å². The van der Waals surface area contributed by atoms with E-state index >= 15 is 0 Å².